The van der Waals surface area contributed by atoms with Crippen molar-refractivity contribution in [2.75, 3.05) is 5.94 Å². The Hall–Kier alpha value is 0.690. The molecular formula is C3H2Cl3O2S. The SMILES string of the molecule is O=[C]OCSC(Cl)(Cl)Cl. The zero-order chi connectivity index (χ0) is 7.33. The van der Waals surface area contributed by atoms with Gasteiger partial charge in [-0.05, 0) is 0 Å². The van der Waals surface area contributed by atoms with E-state index in [2.05, 4.69) is 4.74 Å². The van der Waals surface area contributed by atoms with E-state index in [0.717, 1.165) is 11.8 Å². The molecule has 0 unspecified atom stereocenters. The number of hydrogen-bond acceptors (Lipinski definition) is 3. The molecule has 0 aliphatic rings. The Morgan fingerprint density at radius 1 is 1.56 bits per heavy atom. The summed E-state index contributed by atoms with van der Waals surface area (Å²) in [4.78, 5) is 9.40. The smallest absolute Gasteiger partial charge is 0.418 e. The van der Waals surface area contributed by atoms with Crippen LogP contribution < -0.4 is 0 Å². The van der Waals surface area contributed by atoms with Gasteiger partial charge >= 0.3 is 6.47 Å². The normalized spacial score (nSPS) is 11.0. The van der Waals surface area contributed by atoms with E-state index < -0.39 is 3.12 Å². The van der Waals surface area contributed by atoms with Crippen molar-refractivity contribution < 1.29 is 9.53 Å². The summed E-state index contributed by atoms with van der Waals surface area (Å²) in [6, 6.07) is 0. The quantitative estimate of drug-likeness (QED) is 0.404. The van der Waals surface area contributed by atoms with Gasteiger partial charge in [0, 0.05) is 0 Å². The Labute approximate surface area is 71.8 Å². The highest BCUT2D eigenvalue weighted by Crippen LogP contribution is 2.38. The van der Waals surface area contributed by atoms with Crippen LogP contribution in [-0.2, 0) is 9.53 Å². The number of thioether (sulfide) groups is 1. The van der Waals surface area contributed by atoms with Gasteiger partial charge in [0.15, 0.2) is 0 Å². The van der Waals surface area contributed by atoms with Crippen LogP contribution in [0.3, 0.4) is 0 Å². The highest BCUT2D eigenvalue weighted by Gasteiger charge is 2.19. The van der Waals surface area contributed by atoms with Gasteiger partial charge in [0.1, 0.15) is 5.94 Å². The fourth-order valence-electron chi connectivity index (χ4n) is 0.120. The third-order valence-electron chi connectivity index (χ3n) is 0.340. The molecule has 0 heterocycles. The standard InChI is InChI=1S/C3H2Cl3O2S/c4-3(5,6)9-2-8-1-7/h2H2. The largest absolute Gasteiger partial charge is 0.446 e. The first kappa shape index (κ1) is 9.69. The van der Waals surface area contributed by atoms with Crippen LogP contribution >= 0.6 is 46.6 Å². The van der Waals surface area contributed by atoms with Crippen molar-refractivity contribution in [2.45, 2.75) is 3.12 Å². The average Bonchev–Trinajstić information content (AvgIpc) is 1.63. The van der Waals surface area contributed by atoms with E-state index >= 15 is 0 Å². The molecule has 6 heteroatoms. The fourth-order valence-corrected chi connectivity index (χ4v) is 0.762. The van der Waals surface area contributed by atoms with Crippen LogP contribution in [0.2, 0.25) is 0 Å². The van der Waals surface area contributed by atoms with Gasteiger partial charge in [0.2, 0.25) is 3.12 Å². The summed E-state index contributed by atoms with van der Waals surface area (Å²) < 4.78 is 2.69. The lowest BCUT2D eigenvalue weighted by atomic mass is 11.5. The summed E-state index contributed by atoms with van der Waals surface area (Å²) in [5.41, 5.74) is 0. The molecule has 0 rings (SSSR count). The highest BCUT2D eigenvalue weighted by atomic mass is 35.6. The van der Waals surface area contributed by atoms with Crippen LogP contribution in [-0.4, -0.2) is 15.5 Å². The van der Waals surface area contributed by atoms with Gasteiger partial charge in [0.05, 0.1) is 0 Å². The Bertz CT molecular complexity index is 91.5. The Kier molecular flexibility index (Phi) is 4.84. The fraction of sp³-hybridized carbons (Fsp3) is 0.667. The van der Waals surface area contributed by atoms with Crippen molar-refractivity contribution in [3.8, 4) is 0 Å². The number of ether oxygens (including phenoxy) is 1. The van der Waals surface area contributed by atoms with E-state index in [9.17, 15) is 4.79 Å². The maximum Gasteiger partial charge on any atom is 0.418 e. The molecule has 9 heavy (non-hydrogen) atoms. The maximum atomic E-state index is 9.40. The van der Waals surface area contributed by atoms with Crippen molar-refractivity contribution in [1.82, 2.24) is 0 Å². The first-order valence-corrected chi connectivity index (χ1v) is 3.88. The minimum Gasteiger partial charge on any atom is -0.446 e. The van der Waals surface area contributed by atoms with Crippen molar-refractivity contribution in [1.29, 1.82) is 0 Å². The summed E-state index contributed by atoms with van der Waals surface area (Å²) in [7, 11) is 0. The molecule has 0 aliphatic heterocycles. The zero-order valence-corrected chi connectivity index (χ0v) is 7.15. The molecule has 0 amide bonds. The minimum absolute atomic E-state index is 0. The molecule has 1 radical (unpaired) electrons. The molecule has 0 aromatic rings. The van der Waals surface area contributed by atoms with E-state index in [1.807, 2.05) is 0 Å². The summed E-state index contributed by atoms with van der Waals surface area (Å²) in [5.74, 6) is 0. The molecule has 0 saturated carbocycles. The monoisotopic (exact) mass is 207 g/mol. The highest BCUT2D eigenvalue weighted by molar-refractivity contribution is 8.04. The van der Waals surface area contributed by atoms with E-state index in [1.54, 1.807) is 0 Å². The van der Waals surface area contributed by atoms with E-state index in [1.165, 1.54) is 6.47 Å². The first-order chi connectivity index (χ1) is 4.06. The van der Waals surface area contributed by atoms with Gasteiger partial charge in [-0.3, -0.25) is 0 Å². The van der Waals surface area contributed by atoms with Crippen LogP contribution in [0.1, 0.15) is 0 Å². The lowest BCUT2D eigenvalue weighted by Crippen LogP contribution is -1.97. The van der Waals surface area contributed by atoms with Crippen LogP contribution in [0, 0.1) is 0 Å². The molecule has 53 valence electrons. The van der Waals surface area contributed by atoms with Gasteiger partial charge in [-0.2, -0.15) is 0 Å². The van der Waals surface area contributed by atoms with Crippen LogP contribution in [0.5, 0.6) is 0 Å². The molecule has 0 aromatic heterocycles. The van der Waals surface area contributed by atoms with Gasteiger partial charge in [-0.1, -0.05) is 46.6 Å². The lowest BCUT2D eigenvalue weighted by molar-refractivity contribution is 0.337. The third-order valence-corrected chi connectivity index (χ3v) is 1.89. The second-order valence-electron chi connectivity index (χ2n) is 0.936. The average molecular weight is 208 g/mol. The van der Waals surface area contributed by atoms with Crippen LogP contribution in [0.25, 0.3) is 0 Å². The number of alkyl halides is 3. The Morgan fingerprint density at radius 3 is 2.44 bits per heavy atom. The first-order valence-electron chi connectivity index (χ1n) is 1.76. The maximum absolute atomic E-state index is 9.40. The van der Waals surface area contributed by atoms with Crippen molar-refractivity contribution >= 4 is 53.0 Å². The van der Waals surface area contributed by atoms with Crippen molar-refractivity contribution in [3.63, 3.8) is 0 Å². The van der Waals surface area contributed by atoms with E-state index in [4.69, 9.17) is 34.8 Å². The number of rotatable bonds is 3. The number of halogens is 3. The van der Waals surface area contributed by atoms with Gasteiger partial charge in [-0.25, -0.2) is 4.79 Å². The third kappa shape index (κ3) is 8.69. The summed E-state index contributed by atoms with van der Waals surface area (Å²) in [6.45, 7) is 1.19. The van der Waals surface area contributed by atoms with Crippen LogP contribution in [0.15, 0.2) is 0 Å². The Balaban J connectivity index is 3.17. The summed E-state index contributed by atoms with van der Waals surface area (Å²) in [6.07, 6.45) is 0. The molecule has 0 bridgehead atoms. The Morgan fingerprint density at radius 2 is 2.11 bits per heavy atom. The minimum atomic E-state index is -1.42. The van der Waals surface area contributed by atoms with Crippen LogP contribution in [0.4, 0.5) is 0 Å². The number of hydrogen-bond donors (Lipinski definition) is 0. The topological polar surface area (TPSA) is 26.3 Å². The van der Waals surface area contributed by atoms with Crippen molar-refractivity contribution in [3.05, 3.63) is 0 Å². The molecule has 0 fully saturated rings. The molecular weight excluding hydrogens is 206 g/mol. The predicted molar refractivity (Wildman–Crippen MR) is 39.5 cm³/mol. The molecule has 0 aliphatic carbocycles. The molecule has 2 nitrogen and oxygen atoms in total. The predicted octanol–water partition coefficient (Wildman–Crippen LogP) is 2.09. The van der Waals surface area contributed by atoms with E-state index in [-0.39, 0.29) is 5.94 Å². The van der Waals surface area contributed by atoms with Crippen molar-refractivity contribution in [2.24, 2.45) is 0 Å². The lowest BCUT2D eigenvalue weighted by Gasteiger charge is -2.06. The van der Waals surface area contributed by atoms with E-state index in [0.29, 0.717) is 0 Å². The molecule has 0 atom stereocenters. The van der Waals surface area contributed by atoms with Gasteiger partial charge < -0.3 is 4.74 Å². The molecule has 0 spiro atoms. The number of carbonyl (C=O) groups excluding carboxylic acids is 1. The zero-order valence-electron chi connectivity index (χ0n) is 4.07. The molecule has 0 aromatic carbocycles. The molecule has 0 N–H and O–H groups in total. The second kappa shape index (κ2) is 4.50. The van der Waals surface area contributed by atoms with Gasteiger partial charge in [0.25, 0.3) is 0 Å². The van der Waals surface area contributed by atoms with Gasteiger partial charge in [-0.15, -0.1) is 0 Å². The summed E-state index contributed by atoms with van der Waals surface area (Å²) >= 11 is 16.6. The molecule has 0 saturated heterocycles. The summed E-state index contributed by atoms with van der Waals surface area (Å²) in [5, 5.41) is 0. The second-order valence-corrected chi connectivity index (χ2v) is 5.03.